The number of ether oxygens (including phenoxy) is 2. The number of piperidine rings is 7. The summed E-state index contributed by atoms with van der Waals surface area (Å²) in [5.74, 6) is 2.56. The fraction of sp³-hybridized carbons (Fsp3) is 0.691. The standard InChI is InChI=1S/C23H37N3O2.C21H33N3O2.C20H31N3O.C16H27N3.C15H24N2O.C14H22N2O.C14H22N2/c1-4-25-13-14-28-22(18-25)15-21(27)17-23(16-20-7-5-6-10-24-20)8-11-26(12-9-23)19(2)3;1-17(2)24-10-6-21(7-11-24,14-18-5-3-4-8-23-18)15-19(25)13-20-16-22-9-12-26-20;1-16(2)23-9-6-20(7-10-23,12-18-5-3-4-8-22-18)13-19(24)11-17-14-21-15-17;1-14(2)19-11-8-16(9-12-19,18(3)4)13-15-7-5-6-10-17-15;1-13(2)17-10-7-15(18,8-11-17)6-5-14-4-3-9-16-12-14;1-12(2)16-9-6-14(17,7-10-16)11-13-5-3-4-8-15-13;1-12(2)16-9-6-13(7-10-16)11-14-5-3-4-8-15-14/h5-7,10,19,22H,4,8-9,11-18H2,1-3H3;3-5,8,17,20,22H,6-7,9-16H2,1-2H3;3-5,8,16-17,21H,6-7,9-15H2,1-2H3;5-7,10,14H,8-9,11-13H2,1-4H3;3-4,9,12-13,18H,5-8,10-11H2,1-2H3;3-5,8,12,17H,6-7,9-11H2,1-2H3;3-5,8,12-13H,6-7,9-11H2,1-2H3. The van der Waals surface area contributed by atoms with Crippen molar-refractivity contribution in [1.29, 1.82) is 0 Å². The average molecular weight is 2040 g/mol. The molecule has 0 radical (unpaired) electrons. The highest BCUT2D eigenvalue weighted by atomic mass is 16.5. The van der Waals surface area contributed by atoms with Crippen molar-refractivity contribution in [3.8, 4) is 0 Å². The van der Waals surface area contributed by atoms with Crippen molar-refractivity contribution in [2.24, 2.45) is 28.1 Å². The Kier molecular flexibility index (Phi) is 50.2. The number of hydrogen-bond donors (Lipinski definition) is 4. The van der Waals surface area contributed by atoms with Gasteiger partial charge in [0, 0.05) is 248 Å². The summed E-state index contributed by atoms with van der Waals surface area (Å²) in [6, 6.07) is 45.0. The molecule has 25 nitrogen and oxygen atoms in total. The van der Waals surface area contributed by atoms with Crippen molar-refractivity contribution in [1.82, 2.24) is 89.6 Å². The molecule has 7 aromatic heterocycles. The second-order valence-electron chi connectivity index (χ2n) is 47.7. The summed E-state index contributed by atoms with van der Waals surface area (Å²) in [5.41, 5.74) is 7.47. The number of nitrogens with one attached hydrogen (secondary N) is 2. The SMILES string of the molecule is CC(C)N1CCC(CC(=O)CC2CNC2)(Cc2ccccn2)CC1.CC(C)N1CCC(CC(=O)CC2CNCCO2)(Cc2ccccn2)CC1.CC(C)N1CCC(Cc2ccccn2)(N(C)C)CC1.CC(C)N1CCC(Cc2ccccn2)CC1.CC(C)N1CCC(O)(CCc2cccnc2)CC1.CC(C)N1CCC(O)(Cc2ccccn2)CC1.CCN1CCOC(CC(=O)CC2(Cc3ccccn3)CCN(C(C)C)CC2)C1. The van der Waals surface area contributed by atoms with E-state index in [1.165, 1.54) is 68.8 Å². The maximum absolute atomic E-state index is 13.1. The molecule has 2 unspecified atom stereocenters. The number of morpholine rings is 2. The number of aryl methyl sites for hydroxylation is 1. The molecule has 25 heteroatoms. The molecule has 10 saturated heterocycles. The van der Waals surface area contributed by atoms with E-state index in [9.17, 15) is 24.6 Å². The Hall–Kier alpha value is -7.54. The lowest BCUT2D eigenvalue weighted by Gasteiger charge is -2.47. The largest absolute Gasteiger partial charge is 0.390 e. The predicted octanol–water partition coefficient (Wildman–Crippen LogP) is 17.6. The number of likely N-dealkylation sites (N-methyl/N-ethyl adjacent to an activating group) is 2. The van der Waals surface area contributed by atoms with Crippen LogP contribution >= 0.6 is 0 Å². The lowest BCUT2D eigenvalue weighted by molar-refractivity contribution is -0.127. The first-order valence-electron chi connectivity index (χ1n) is 57.6. The molecule has 10 aliphatic rings. The number of carbonyl (C=O) groups excluding carboxylic acids is 3. The molecule has 17 heterocycles. The third kappa shape index (κ3) is 41.0. The molecule has 2 atom stereocenters. The molecule has 10 aliphatic heterocycles. The molecule has 0 spiro atoms. The molecule has 148 heavy (non-hydrogen) atoms. The summed E-state index contributed by atoms with van der Waals surface area (Å²) < 4.78 is 11.6. The topological polar surface area (TPSA) is 254 Å². The summed E-state index contributed by atoms with van der Waals surface area (Å²) in [7, 11) is 4.43. The van der Waals surface area contributed by atoms with Crippen LogP contribution < -0.4 is 10.6 Å². The fourth-order valence-electron chi connectivity index (χ4n) is 23.9. The second-order valence-corrected chi connectivity index (χ2v) is 47.7. The van der Waals surface area contributed by atoms with Crippen molar-refractivity contribution >= 4 is 17.3 Å². The number of ketones is 3. The van der Waals surface area contributed by atoms with E-state index in [0.717, 1.165) is 269 Å². The number of hydrogen-bond acceptors (Lipinski definition) is 25. The Labute approximate surface area is 894 Å². The lowest BCUT2D eigenvalue weighted by atomic mass is 9.70. The van der Waals surface area contributed by atoms with Crippen molar-refractivity contribution in [3.63, 3.8) is 0 Å². The maximum atomic E-state index is 13.1. The van der Waals surface area contributed by atoms with Crippen LogP contribution in [0.5, 0.6) is 0 Å². The Bertz CT molecular complexity index is 4750. The Morgan fingerprint density at radius 1 is 0.372 bits per heavy atom. The molecule has 4 N–H and O–H groups in total. The van der Waals surface area contributed by atoms with Gasteiger partial charge in [0.15, 0.2) is 0 Å². The zero-order chi connectivity index (χ0) is 106. The highest BCUT2D eigenvalue weighted by Crippen LogP contribution is 2.44. The smallest absolute Gasteiger partial charge is 0.136 e. The molecule has 0 aliphatic carbocycles. The Morgan fingerprint density at radius 2 is 0.723 bits per heavy atom. The molecular weight excluding hydrogens is 1840 g/mol. The van der Waals surface area contributed by atoms with Gasteiger partial charge in [0.25, 0.3) is 0 Å². The fourth-order valence-corrected chi connectivity index (χ4v) is 23.9. The Morgan fingerprint density at radius 3 is 1.07 bits per heavy atom. The van der Waals surface area contributed by atoms with Crippen LogP contribution in [-0.2, 0) is 68.8 Å². The summed E-state index contributed by atoms with van der Waals surface area (Å²) in [6.07, 6.45) is 41.4. The molecule has 0 bridgehead atoms. The molecule has 10 fully saturated rings. The highest BCUT2D eigenvalue weighted by Gasteiger charge is 2.44. The van der Waals surface area contributed by atoms with Crippen LogP contribution in [0.2, 0.25) is 0 Å². The summed E-state index contributed by atoms with van der Waals surface area (Å²) in [5, 5.41) is 27.7. The van der Waals surface area contributed by atoms with Crippen LogP contribution in [0.1, 0.15) is 278 Å². The summed E-state index contributed by atoms with van der Waals surface area (Å²) in [4.78, 5) is 92.0. The predicted molar refractivity (Wildman–Crippen MR) is 602 cm³/mol. The van der Waals surface area contributed by atoms with Gasteiger partial charge in [-0.05, 0) is 424 Å². The molecule has 820 valence electrons. The van der Waals surface area contributed by atoms with Crippen molar-refractivity contribution in [2.75, 3.05) is 165 Å². The van der Waals surface area contributed by atoms with Crippen molar-refractivity contribution in [3.05, 3.63) is 211 Å². The quantitative estimate of drug-likeness (QED) is 0.0285. The van der Waals surface area contributed by atoms with Crippen molar-refractivity contribution < 1.29 is 34.1 Å². The van der Waals surface area contributed by atoms with Gasteiger partial charge in [-0.3, -0.25) is 54.2 Å². The monoisotopic (exact) mass is 2040 g/mol. The van der Waals surface area contributed by atoms with Gasteiger partial charge in [-0.15, -0.1) is 0 Å². The van der Waals surface area contributed by atoms with E-state index >= 15 is 0 Å². The Balaban J connectivity index is 0.000000165. The van der Waals surface area contributed by atoms with E-state index in [1.807, 2.05) is 97.8 Å². The number of aromatic nitrogens is 7. The zero-order valence-electron chi connectivity index (χ0n) is 94.7. The van der Waals surface area contributed by atoms with E-state index in [1.54, 1.807) is 12.4 Å². The van der Waals surface area contributed by atoms with Gasteiger partial charge >= 0.3 is 0 Å². The first kappa shape index (κ1) is 121. The molecule has 0 saturated carbocycles. The van der Waals surface area contributed by atoms with E-state index in [-0.39, 0.29) is 34.0 Å². The first-order valence-corrected chi connectivity index (χ1v) is 57.6. The number of aliphatic hydroxyl groups is 2. The van der Waals surface area contributed by atoms with Gasteiger partial charge in [-0.25, -0.2) is 0 Å². The number of nitrogens with zero attached hydrogens (tertiary/aromatic N) is 16. The molecule has 0 amide bonds. The van der Waals surface area contributed by atoms with Gasteiger partial charge in [-0.1, -0.05) is 49.4 Å². The van der Waals surface area contributed by atoms with Gasteiger partial charge in [0.1, 0.15) is 17.3 Å². The van der Waals surface area contributed by atoms with Gasteiger partial charge in [0.2, 0.25) is 0 Å². The number of Topliss-reactive ketones (excluding diaryl/α,β-unsaturated/α-hetero) is 3. The third-order valence-corrected chi connectivity index (χ3v) is 34.3. The summed E-state index contributed by atoms with van der Waals surface area (Å²) >= 11 is 0. The number of pyridine rings is 7. The number of likely N-dealkylation sites (tertiary alicyclic amines) is 7. The van der Waals surface area contributed by atoms with Crippen LogP contribution in [-0.4, -0.2) is 343 Å². The minimum atomic E-state index is -0.556. The van der Waals surface area contributed by atoms with Gasteiger partial charge in [0.05, 0.1) is 36.6 Å². The lowest BCUT2D eigenvalue weighted by Crippen LogP contribution is -2.55. The first-order chi connectivity index (χ1) is 71.1. The van der Waals surface area contributed by atoms with Crippen LogP contribution in [0.3, 0.4) is 0 Å². The van der Waals surface area contributed by atoms with E-state index < -0.39 is 11.2 Å². The molecule has 7 aromatic rings. The molecule has 17 rings (SSSR count). The molecule has 0 aromatic carbocycles. The number of rotatable bonds is 36. The second kappa shape index (κ2) is 61.5. The molecular formula is C123H196N18O7. The van der Waals surface area contributed by atoms with E-state index in [0.29, 0.717) is 104 Å². The zero-order valence-corrected chi connectivity index (χ0v) is 94.7. The van der Waals surface area contributed by atoms with Crippen LogP contribution in [0, 0.1) is 28.1 Å². The highest BCUT2D eigenvalue weighted by molar-refractivity contribution is 5.81. The number of carbonyl (C=O) groups is 3. The average Bonchev–Trinajstić information content (AvgIpc) is 0.805. The van der Waals surface area contributed by atoms with Crippen LogP contribution in [0.15, 0.2) is 171 Å². The van der Waals surface area contributed by atoms with Crippen LogP contribution in [0.25, 0.3) is 0 Å². The normalized spacial score (nSPS) is 21.7. The summed E-state index contributed by atoms with van der Waals surface area (Å²) in [6.45, 7) is 57.2. The van der Waals surface area contributed by atoms with Crippen LogP contribution in [0.4, 0.5) is 0 Å². The minimum absolute atomic E-state index is 0.0376. The maximum Gasteiger partial charge on any atom is 0.136 e. The minimum Gasteiger partial charge on any atom is -0.390 e. The van der Waals surface area contributed by atoms with E-state index in [2.05, 4.69) is 268 Å². The van der Waals surface area contributed by atoms with Gasteiger partial charge < -0.3 is 69.5 Å². The van der Waals surface area contributed by atoms with Gasteiger partial charge in [-0.2, -0.15) is 0 Å². The van der Waals surface area contributed by atoms with Crippen molar-refractivity contribution in [2.45, 2.75) is 355 Å². The van der Waals surface area contributed by atoms with E-state index in [4.69, 9.17) is 9.47 Å². The third-order valence-electron chi connectivity index (χ3n) is 34.3.